The van der Waals surface area contributed by atoms with E-state index in [1.54, 1.807) is 12.1 Å². The molecule has 0 radical (unpaired) electrons. The molecule has 0 spiro atoms. The van der Waals surface area contributed by atoms with Gasteiger partial charge < -0.3 is 9.80 Å². The van der Waals surface area contributed by atoms with Crippen molar-refractivity contribution < 1.29 is 4.79 Å². The Labute approximate surface area is 203 Å². The number of hydrogen-bond acceptors (Lipinski definition) is 5. The van der Waals surface area contributed by atoms with Crippen LogP contribution in [0.1, 0.15) is 41.4 Å². The van der Waals surface area contributed by atoms with E-state index in [1.165, 1.54) is 0 Å². The molecule has 1 saturated heterocycles. The second kappa shape index (κ2) is 8.72. The number of carbonyl (C=O) groups excluding carboxylic acids is 1. The van der Waals surface area contributed by atoms with E-state index in [0.717, 1.165) is 54.2 Å². The maximum atomic E-state index is 13.1. The predicted octanol–water partition coefficient (Wildman–Crippen LogP) is 4.70. The van der Waals surface area contributed by atoms with Crippen molar-refractivity contribution in [1.82, 2.24) is 24.6 Å². The zero-order valence-electron chi connectivity index (χ0n) is 18.8. The van der Waals surface area contributed by atoms with Crippen LogP contribution in [0.5, 0.6) is 0 Å². The summed E-state index contributed by atoms with van der Waals surface area (Å²) in [7, 11) is 0. The summed E-state index contributed by atoms with van der Waals surface area (Å²) in [4.78, 5) is 27.2. The third-order valence-corrected chi connectivity index (χ3v) is 6.89. The SMILES string of the molecule is O=C(c1ccccc1Cl)N1CCCN(c2nc(C3CC3)nc3c2cnn3-c2ccccc2)CC1. The van der Waals surface area contributed by atoms with Crippen LogP contribution in [0.25, 0.3) is 16.7 Å². The Hall–Kier alpha value is -3.45. The average molecular weight is 473 g/mol. The lowest BCUT2D eigenvalue weighted by molar-refractivity contribution is 0.0767. The Balaban J connectivity index is 1.32. The first-order valence-electron chi connectivity index (χ1n) is 11.8. The van der Waals surface area contributed by atoms with Crippen LogP contribution in [0.4, 0.5) is 5.82 Å². The topological polar surface area (TPSA) is 67.2 Å². The Morgan fingerprint density at radius 3 is 2.50 bits per heavy atom. The fraction of sp³-hybridized carbons (Fsp3) is 0.308. The molecule has 0 N–H and O–H groups in total. The molecule has 2 aromatic carbocycles. The molecule has 1 aliphatic carbocycles. The molecule has 4 aromatic rings. The zero-order chi connectivity index (χ0) is 23.1. The van der Waals surface area contributed by atoms with Gasteiger partial charge in [0.15, 0.2) is 5.65 Å². The van der Waals surface area contributed by atoms with Crippen LogP contribution in [0.2, 0.25) is 5.02 Å². The molecule has 7 nitrogen and oxygen atoms in total. The van der Waals surface area contributed by atoms with Crippen LogP contribution in [0.15, 0.2) is 60.8 Å². The van der Waals surface area contributed by atoms with E-state index in [0.29, 0.717) is 36.1 Å². The van der Waals surface area contributed by atoms with Crippen LogP contribution < -0.4 is 4.90 Å². The average Bonchev–Trinajstić information content (AvgIpc) is 3.67. The van der Waals surface area contributed by atoms with Crippen molar-refractivity contribution in [1.29, 1.82) is 0 Å². The number of para-hydroxylation sites is 1. The van der Waals surface area contributed by atoms with Crippen LogP contribution in [-0.4, -0.2) is 56.7 Å². The smallest absolute Gasteiger partial charge is 0.255 e. The second-order valence-electron chi connectivity index (χ2n) is 8.92. The number of amides is 1. The number of nitrogens with zero attached hydrogens (tertiary/aromatic N) is 6. The van der Waals surface area contributed by atoms with E-state index in [2.05, 4.69) is 10.00 Å². The van der Waals surface area contributed by atoms with Crippen molar-refractivity contribution >= 4 is 34.4 Å². The molecule has 2 fully saturated rings. The molecular formula is C26H25ClN6O. The molecule has 8 heteroatoms. The summed E-state index contributed by atoms with van der Waals surface area (Å²) in [5.41, 5.74) is 2.38. The molecule has 2 aliphatic rings. The number of fused-ring (bicyclic) bond motifs is 1. The summed E-state index contributed by atoms with van der Waals surface area (Å²) < 4.78 is 1.90. The normalized spacial score (nSPS) is 16.6. The lowest BCUT2D eigenvalue weighted by Crippen LogP contribution is -2.35. The van der Waals surface area contributed by atoms with E-state index >= 15 is 0 Å². The van der Waals surface area contributed by atoms with Gasteiger partial charge in [-0.05, 0) is 43.5 Å². The quantitative estimate of drug-likeness (QED) is 0.430. The number of carbonyl (C=O) groups is 1. The number of rotatable bonds is 4. The maximum Gasteiger partial charge on any atom is 0.255 e. The Morgan fingerprint density at radius 1 is 0.912 bits per heavy atom. The van der Waals surface area contributed by atoms with Gasteiger partial charge >= 0.3 is 0 Å². The summed E-state index contributed by atoms with van der Waals surface area (Å²) in [6, 6.07) is 17.3. The van der Waals surface area contributed by atoms with Crippen LogP contribution in [-0.2, 0) is 0 Å². The Morgan fingerprint density at radius 2 is 1.71 bits per heavy atom. The second-order valence-corrected chi connectivity index (χ2v) is 9.33. The van der Waals surface area contributed by atoms with Crippen molar-refractivity contribution in [3.8, 4) is 5.69 Å². The molecule has 0 unspecified atom stereocenters. The van der Waals surface area contributed by atoms with Gasteiger partial charge in [0.1, 0.15) is 11.6 Å². The monoisotopic (exact) mass is 472 g/mol. The minimum Gasteiger partial charge on any atom is -0.354 e. The Kier molecular flexibility index (Phi) is 5.41. The molecule has 0 bridgehead atoms. The highest BCUT2D eigenvalue weighted by Gasteiger charge is 2.30. The van der Waals surface area contributed by atoms with Gasteiger partial charge in [-0.1, -0.05) is 41.9 Å². The van der Waals surface area contributed by atoms with Gasteiger partial charge in [-0.15, -0.1) is 0 Å². The maximum absolute atomic E-state index is 13.1. The van der Waals surface area contributed by atoms with Gasteiger partial charge in [-0.2, -0.15) is 5.10 Å². The number of aromatic nitrogens is 4. The minimum absolute atomic E-state index is 0.0177. The van der Waals surface area contributed by atoms with E-state index in [9.17, 15) is 4.79 Å². The van der Waals surface area contributed by atoms with E-state index in [4.69, 9.17) is 21.6 Å². The molecule has 6 rings (SSSR count). The lowest BCUT2D eigenvalue weighted by Gasteiger charge is -2.24. The van der Waals surface area contributed by atoms with Crippen LogP contribution in [0.3, 0.4) is 0 Å². The van der Waals surface area contributed by atoms with Gasteiger partial charge in [0.25, 0.3) is 5.91 Å². The summed E-state index contributed by atoms with van der Waals surface area (Å²) >= 11 is 6.29. The molecule has 172 valence electrons. The summed E-state index contributed by atoms with van der Waals surface area (Å²) in [5.74, 6) is 2.22. The van der Waals surface area contributed by atoms with E-state index < -0.39 is 0 Å². The molecule has 1 aliphatic heterocycles. The highest BCUT2D eigenvalue weighted by molar-refractivity contribution is 6.33. The highest BCUT2D eigenvalue weighted by atomic mass is 35.5. The first-order chi connectivity index (χ1) is 16.7. The number of benzene rings is 2. The molecule has 34 heavy (non-hydrogen) atoms. The van der Waals surface area contributed by atoms with Gasteiger partial charge in [0, 0.05) is 32.1 Å². The fourth-order valence-electron chi connectivity index (χ4n) is 4.57. The van der Waals surface area contributed by atoms with Gasteiger partial charge in [0.2, 0.25) is 0 Å². The van der Waals surface area contributed by atoms with Crippen molar-refractivity contribution in [2.45, 2.75) is 25.2 Å². The van der Waals surface area contributed by atoms with Crippen molar-refractivity contribution in [2.24, 2.45) is 0 Å². The number of anilines is 1. The fourth-order valence-corrected chi connectivity index (χ4v) is 4.79. The minimum atomic E-state index is -0.0177. The summed E-state index contributed by atoms with van der Waals surface area (Å²) in [6.45, 7) is 2.82. The predicted molar refractivity (Wildman–Crippen MR) is 133 cm³/mol. The van der Waals surface area contributed by atoms with E-state index in [-0.39, 0.29) is 5.91 Å². The van der Waals surface area contributed by atoms with Crippen molar-refractivity contribution in [2.75, 3.05) is 31.1 Å². The van der Waals surface area contributed by atoms with Gasteiger partial charge in [-0.3, -0.25) is 4.79 Å². The van der Waals surface area contributed by atoms with Crippen LogP contribution in [0, 0.1) is 0 Å². The molecular weight excluding hydrogens is 448 g/mol. The zero-order valence-corrected chi connectivity index (χ0v) is 19.5. The Bertz CT molecular complexity index is 1350. The standard InChI is InChI=1S/C26H25ClN6O/c27-22-10-5-4-9-20(22)26(34)32-14-6-13-31(15-16-32)24-21-17-28-33(19-7-2-1-3-8-19)25(21)30-23(29-24)18-11-12-18/h1-5,7-10,17-18H,6,11-16H2. The number of halogens is 1. The molecule has 2 aromatic heterocycles. The summed E-state index contributed by atoms with van der Waals surface area (Å²) in [6.07, 6.45) is 4.98. The summed E-state index contributed by atoms with van der Waals surface area (Å²) in [5, 5.41) is 6.10. The molecule has 1 amide bonds. The van der Waals surface area contributed by atoms with Gasteiger partial charge in [-0.25, -0.2) is 14.6 Å². The third kappa shape index (κ3) is 3.90. The third-order valence-electron chi connectivity index (χ3n) is 6.56. The van der Waals surface area contributed by atoms with Crippen molar-refractivity contribution in [3.05, 3.63) is 77.2 Å². The molecule has 3 heterocycles. The first-order valence-corrected chi connectivity index (χ1v) is 12.2. The first kappa shape index (κ1) is 21.1. The molecule has 1 saturated carbocycles. The largest absolute Gasteiger partial charge is 0.354 e. The number of hydrogen-bond donors (Lipinski definition) is 0. The van der Waals surface area contributed by atoms with Crippen molar-refractivity contribution in [3.63, 3.8) is 0 Å². The van der Waals surface area contributed by atoms with E-state index in [1.807, 2.05) is 58.2 Å². The molecule has 0 atom stereocenters. The van der Waals surface area contributed by atoms with Crippen LogP contribution >= 0.6 is 11.6 Å². The lowest BCUT2D eigenvalue weighted by atomic mass is 10.2. The highest BCUT2D eigenvalue weighted by Crippen LogP contribution is 2.40. The van der Waals surface area contributed by atoms with Gasteiger partial charge in [0.05, 0.1) is 27.9 Å².